The van der Waals surface area contributed by atoms with Crippen molar-refractivity contribution in [1.82, 2.24) is 14.8 Å². The van der Waals surface area contributed by atoms with Crippen molar-refractivity contribution in [3.63, 3.8) is 0 Å². The quantitative estimate of drug-likeness (QED) is 0.383. The minimum Gasteiger partial charge on any atom is -0.370 e. The number of piperazine rings is 1. The van der Waals surface area contributed by atoms with Crippen molar-refractivity contribution in [3.8, 4) is 0 Å². The van der Waals surface area contributed by atoms with E-state index in [1.807, 2.05) is 29.2 Å². The molecule has 0 bridgehead atoms. The lowest BCUT2D eigenvalue weighted by Gasteiger charge is -2.36. The Hall–Kier alpha value is -2.30. The molecule has 1 fully saturated rings. The Morgan fingerprint density at radius 3 is 2.57 bits per heavy atom. The number of nitrogens with one attached hydrogen (secondary N) is 1. The molecule has 11 heteroatoms. The van der Waals surface area contributed by atoms with Gasteiger partial charge in [-0.15, -0.1) is 0 Å². The number of aliphatic imine (C=N–C) groups is 1. The molecule has 0 amide bonds. The summed E-state index contributed by atoms with van der Waals surface area (Å²) in [5.74, 6) is 0.196. The summed E-state index contributed by atoms with van der Waals surface area (Å²) >= 11 is 5.93. The zero-order valence-corrected chi connectivity index (χ0v) is 16.9. The van der Waals surface area contributed by atoms with Crippen LogP contribution < -0.4 is 15.4 Å². The predicted octanol–water partition coefficient (Wildman–Crippen LogP) is 0.884. The fourth-order valence-electron chi connectivity index (χ4n) is 2.87. The lowest BCUT2D eigenvalue weighted by Crippen LogP contribution is -2.51. The number of nitrogens with zero attached hydrogens (tertiary/aromatic N) is 4. The van der Waals surface area contributed by atoms with Gasteiger partial charge in [-0.3, -0.25) is 4.99 Å². The molecule has 3 N–H and O–H groups in total. The van der Waals surface area contributed by atoms with Crippen LogP contribution in [0.4, 0.5) is 5.69 Å². The van der Waals surface area contributed by atoms with E-state index in [2.05, 4.69) is 24.3 Å². The summed E-state index contributed by atoms with van der Waals surface area (Å²) in [6.07, 6.45) is 1.34. The predicted molar refractivity (Wildman–Crippen MR) is 109 cm³/mol. The highest BCUT2D eigenvalue weighted by molar-refractivity contribution is 7.88. The Balaban J connectivity index is 1.41. The highest BCUT2D eigenvalue weighted by atomic mass is 35.5. The molecule has 3 rings (SSSR count). The van der Waals surface area contributed by atoms with Crippen molar-refractivity contribution in [3.05, 3.63) is 47.3 Å². The van der Waals surface area contributed by atoms with Crippen molar-refractivity contribution in [2.24, 2.45) is 10.7 Å². The van der Waals surface area contributed by atoms with Crippen LogP contribution in [0.2, 0.25) is 5.02 Å². The van der Waals surface area contributed by atoms with Gasteiger partial charge in [0.15, 0.2) is 5.96 Å². The summed E-state index contributed by atoms with van der Waals surface area (Å²) in [5, 5.41) is 4.31. The highest BCUT2D eigenvalue weighted by Gasteiger charge is 2.18. The molecule has 0 unspecified atom stereocenters. The standard InChI is InChI=1S/C17H23ClN6O3S/c18-14-1-3-16(4-2-14)23-8-10-24(11-9-23)17(19)20-6-7-21-28(25,26)13-15-5-12-27-22-15/h1-5,12,21H,6-11,13H2,(H2,19,20). The van der Waals surface area contributed by atoms with E-state index in [4.69, 9.17) is 17.3 Å². The van der Waals surface area contributed by atoms with Crippen molar-refractivity contribution >= 4 is 33.3 Å². The summed E-state index contributed by atoms with van der Waals surface area (Å²) in [7, 11) is -3.48. The first-order valence-corrected chi connectivity index (χ1v) is 10.9. The molecule has 1 aromatic carbocycles. The van der Waals surface area contributed by atoms with Crippen LogP contribution in [0, 0.1) is 0 Å². The molecule has 1 aromatic heterocycles. The Bertz CT molecular complexity index is 878. The van der Waals surface area contributed by atoms with Crippen molar-refractivity contribution < 1.29 is 12.9 Å². The van der Waals surface area contributed by atoms with Gasteiger partial charge < -0.3 is 20.1 Å². The van der Waals surface area contributed by atoms with Crippen LogP contribution >= 0.6 is 11.6 Å². The fraction of sp³-hybridized carbons (Fsp3) is 0.412. The van der Waals surface area contributed by atoms with E-state index in [0.717, 1.165) is 36.9 Å². The second kappa shape index (κ2) is 9.26. The molecule has 1 aliphatic rings. The second-order valence-electron chi connectivity index (χ2n) is 6.33. The molecule has 0 saturated carbocycles. The Morgan fingerprint density at radius 1 is 1.21 bits per heavy atom. The molecule has 1 saturated heterocycles. The fourth-order valence-corrected chi connectivity index (χ4v) is 4.04. The molecule has 0 spiro atoms. The van der Waals surface area contributed by atoms with Crippen molar-refractivity contribution in [1.29, 1.82) is 0 Å². The van der Waals surface area contributed by atoms with Crippen LogP contribution in [0.3, 0.4) is 0 Å². The normalized spacial score (nSPS) is 15.8. The zero-order chi connectivity index (χ0) is 20.0. The lowest BCUT2D eigenvalue weighted by atomic mass is 10.2. The first-order chi connectivity index (χ1) is 13.4. The summed E-state index contributed by atoms with van der Waals surface area (Å²) in [4.78, 5) is 8.54. The van der Waals surface area contributed by atoms with Gasteiger partial charge in [-0.25, -0.2) is 13.1 Å². The Kier molecular flexibility index (Phi) is 6.76. The zero-order valence-electron chi connectivity index (χ0n) is 15.3. The molecule has 2 heterocycles. The monoisotopic (exact) mass is 426 g/mol. The molecule has 152 valence electrons. The average molecular weight is 427 g/mol. The van der Waals surface area contributed by atoms with Crippen LogP contribution in [-0.4, -0.2) is 63.7 Å². The van der Waals surface area contributed by atoms with Crippen molar-refractivity contribution in [2.75, 3.05) is 44.2 Å². The van der Waals surface area contributed by atoms with E-state index in [0.29, 0.717) is 11.7 Å². The van der Waals surface area contributed by atoms with Crippen LogP contribution in [0.15, 0.2) is 46.1 Å². The van der Waals surface area contributed by atoms with Gasteiger partial charge in [0.05, 0.1) is 12.2 Å². The van der Waals surface area contributed by atoms with Crippen LogP contribution in [0.1, 0.15) is 5.69 Å². The summed E-state index contributed by atoms with van der Waals surface area (Å²) in [6, 6.07) is 9.27. The summed E-state index contributed by atoms with van der Waals surface area (Å²) in [5.41, 5.74) is 7.53. The minimum absolute atomic E-state index is 0.172. The van der Waals surface area contributed by atoms with Gasteiger partial charge in [0.25, 0.3) is 0 Å². The van der Waals surface area contributed by atoms with Gasteiger partial charge in [0.1, 0.15) is 12.0 Å². The number of aromatic nitrogens is 1. The van der Waals surface area contributed by atoms with E-state index in [9.17, 15) is 8.42 Å². The molecule has 0 atom stereocenters. The molecule has 2 aromatic rings. The topological polar surface area (TPSA) is 117 Å². The second-order valence-corrected chi connectivity index (χ2v) is 8.58. The first kappa shape index (κ1) is 20.4. The number of guanidine groups is 1. The number of hydrogen-bond acceptors (Lipinski definition) is 6. The van der Waals surface area contributed by atoms with Gasteiger partial charge in [0, 0.05) is 49.5 Å². The van der Waals surface area contributed by atoms with E-state index in [1.165, 1.54) is 12.3 Å². The maximum atomic E-state index is 11.9. The number of sulfonamides is 1. The van der Waals surface area contributed by atoms with E-state index < -0.39 is 10.0 Å². The third-order valence-electron chi connectivity index (χ3n) is 4.33. The summed E-state index contributed by atoms with van der Waals surface area (Å²) < 4.78 is 31.0. The van der Waals surface area contributed by atoms with Gasteiger partial charge in [-0.2, -0.15) is 0 Å². The van der Waals surface area contributed by atoms with Gasteiger partial charge in [-0.1, -0.05) is 16.8 Å². The Labute approximate surface area is 169 Å². The molecule has 0 aliphatic carbocycles. The lowest BCUT2D eigenvalue weighted by molar-refractivity contribution is 0.381. The van der Waals surface area contributed by atoms with Crippen LogP contribution in [0.25, 0.3) is 0 Å². The number of nitrogens with two attached hydrogens (primary N) is 1. The number of rotatable bonds is 7. The molecular formula is C17H23ClN6O3S. The van der Waals surface area contributed by atoms with Gasteiger partial charge >= 0.3 is 0 Å². The SMILES string of the molecule is NC(=NCCNS(=O)(=O)Cc1ccon1)N1CCN(c2ccc(Cl)cc2)CC1. The number of hydrogen-bond donors (Lipinski definition) is 2. The third kappa shape index (κ3) is 5.85. The molecule has 1 aliphatic heterocycles. The number of anilines is 1. The number of halogens is 1. The minimum atomic E-state index is -3.48. The van der Waals surface area contributed by atoms with Gasteiger partial charge in [0.2, 0.25) is 10.0 Å². The molecule has 0 radical (unpaired) electrons. The van der Waals surface area contributed by atoms with Gasteiger partial charge in [-0.05, 0) is 24.3 Å². The smallest absolute Gasteiger partial charge is 0.217 e. The molecular weight excluding hydrogens is 404 g/mol. The van der Waals surface area contributed by atoms with E-state index in [1.54, 1.807) is 0 Å². The molecule has 28 heavy (non-hydrogen) atoms. The van der Waals surface area contributed by atoms with Crippen molar-refractivity contribution in [2.45, 2.75) is 5.75 Å². The maximum absolute atomic E-state index is 11.9. The third-order valence-corrected chi connectivity index (χ3v) is 5.90. The van der Waals surface area contributed by atoms with Crippen LogP contribution in [-0.2, 0) is 15.8 Å². The average Bonchev–Trinajstić information content (AvgIpc) is 3.18. The summed E-state index contributed by atoms with van der Waals surface area (Å²) in [6.45, 7) is 3.57. The van der Waals surface area contributed by atoms with E-state index >= 15 is 0 Å². The largest absolute Gasteiger partial charge is 0.370 e. The first-order valence-electron chi connectivity index (χ1n) is 8.85. The highest BCUT2D eigenvalue weighted by Crippen LogP contribution is 2.19. The Morgan fingerprint density at radius 2 is 1.93 bits per heavy atom. The molecule has 9 nitrogen and oxygen atoms in total. The maximum Gasteiger partial charge on any atom is 0.217 e. The van der Waals surface area contributed by atoms with E-state index in [-0.39, 0.29) is 18.8 Å². The number of benzene rings is 1. The van der Waals surface area contributed by atoms with Crippen LogP contribution in [0.5, 0.6) is 0 Å².